The molecule has 0 amide bonds. The number of halogens is 2. The van der Waals surface area contributed by atoms with E-state index in [9.17, 15) is 0 Å². The Hall–Kier alpha value is -4.04. The van der Waals surface area contributed by atoms with Gasteiger partial charge in [-0.1, -0.05) is 0 Å². The summed E-state index contributed by atoms with van der Waals surface area (Å²) in [6.45, 7) is 5.83. The van der Waals surface area contributed by atoms with Crippen molar-refractivity contribution in [1.29, 1.82) is 0 Å². The van der Waals surface area contributed by atoms with Crippen molar-refractivity contribution in [1.82, 2.24) is 0 Å². The van der Waals surface area contributed by atoms with E-state index in [0.717, 1.165) is 48.3 Å². The molecule has 0 saturated heterocycles. The maximum atomic E-state index is 7.14. The normalized spacial score (nSPS) is 13.0. The van der Waals surface area contributed by atoms with Gasteiger partial charge in [-0.15, -0.1) is 0 Å². The number of hydrogen-bond acceptors (Lipinski definition) is 2. The van der Waals surface area contributed by atoms with Crippen molar-refractivity contribution in [3.8, 4) is 11.5 Å². The Morgan fingerprint density at radius 2 is 0.581 bits per heavy atom. The van der Waals surface area contributed by atoms with Gasteiger partial charge in [0.15, 0.2) is 0 Å². The summed E-state index contributed by atoms with van der Waals surface area (Å²) < 4.78 is 14.3. The molecule has 0 heterocycles. The minimum atomic E-state index is -3.43. The van der Waals surface area contributed by atoms with Gasteiger partial charge in [-0.05, 0) is 0 Å². The molecule has 7 aromatic rings. The van der Waals surface area contributed by atoms with Gasteiger partial charge in [0.25, 0.3) is 0 Å². The maximum absolute atomic E-state index is 7.14. The molecule has 0 bridgehead atoms. The molecule has 0 N–H and O–H groups in total. The van der Waals surface area contributed by atoms with Crippen LogP contribution < -0.4 is 41.3 Å². The molecule has 6 heteroatoms. The van der Waals surface area contributed by atoms with E-state index < -0.39 is 10.6 Å². The van der Waals surface area contributed by atoms with Crippen molar-refractivity contribution in [2.45, 2.75) is 77.5 Å². The molecular weight excluding hydrogens is 926 g/mol. The Morgan fingerprint density at radius 3 is 0.806 bits per heavy atom. The Labute approximate surface area is 387 Å². The third kappa shape index (κ3) is 9.42. The summed E-state index contributed by atoms with van der Waals surface area (Å²) in [6, 6.07) is 71.3. The average molecular weight is 989 g/mol. The van der Waals surface area contributed by atoms with Crippen molar-refractivity contribution >= 4 is 73.4 Å². The molecule has 0 unspecified atom stereocenters. The van der Waals surface area contributed by atoms with Crippen LogP contribution in [-0.4, -0.2) is 13.2 Å². The molecule has 322 valence electrons. The van der Waals surface area contributed by atoms with Crippen LogP contribution in [0.2, 0.25) is 0 Å². The van der Waals surface area contributed by atoms with Crippen molar-refractivity contribution in [2.75, 3.05) is 13.2 Å². The van der Waals surface area contributed by atoms with Crippen molar-refractivity contribution in [3.05, 3.63) is 205 Å². The molecule has 0 radical (unpaired) electrons. The molecule has 0 aromatic heterocycles. The summed E-state index contributed by atoms with van der Waals surface area (Å²) in [7, 11) is 0. The fourth-order valence-electron chi connectivity index (χ4n) is 9.10. The zero-order valence-corrected chi connectivity index (χ0v) is 41.4. The molecule has 7 aromatic carbocycles. The van der Waals surface area contributed by atoms with Crippen molar-refractivity contribution < 1.29 is 9.47 Å². The Balaban J connectivity index is 1.51. The molecular formula is C56H62Br2O2P2. The average Bonchev–Trinajstić information content (AvgIpc) is 3.34. The summed E-state index contributed by atoms with van der Waals surface area (Å²) in [6.07, 6.45) is 10.4. The number of hydrogen-bond donors (Lipinski definition) is 0. The zero-order valence-electron chi connectivity index (χ0n) is 36.4. The number of unbranched alkanes of at least 4 members (excludes halogenated alkanes) is 6. The van der Waals surface area contributed by atoms with Gasteiger partial charge >= 0.3 is 390 Å². The van der Waals surface area contributed by atoms with Gasteiger partial charge in [-0.2, -0.15) is 0 Å². The van der Waals surface area contributed by atoms with E-state index >= 15 is 0 Å². The first kappa shape index (κ1) is 46.0. The standard InChI is InChI=1S/C56H62Br2O2P2/c1-3-5-7-27-41-59-55-43-48(46-62(58,52-35-21-12-22-36-52,53-37-23-13-24-38-53)54-39-25-14-26-40-54)56(60-42-28-8-6-4-2)44-47(55)45-61(57,49-29-15-9-16-30-49,50-31-17-10-18-32-50)51-33-19-11-20-34-51/h9-26,29-40,43-44H,3-8,27-28,41-42,45-46H2,1-2H3. The first-order valence-corrected chi connectivity index (χ1v) is 31.4. The van der Waals surface area contributed by atoms with E-state index in [4.69, 9.17) is 40.5 Å². The van der Waals surface area contributed by atoms with Crippen LogP contribution in [0.3, 0.4) is 0 Å². The van der Waals surface area contributed by atoms with E-state index in [1.54, 1.807) is 0 Å². The van der Waals surface area contributed by atoms with E-state index in [1.165, 1.54) is 57.5 Å². The second-order valence-electron chi connectivity index (χ2n) is 16.6. The molecule has 0 aliphatic rings. The van der Waals surface area contributed by atoms with Crippen LogP contribution in [0, 0.1) is 0 Å². The SMILES string of the molecule is CCCCCCOc1cc(CP(Br)(c2ccccc2)(c2ccccc2)c2ccccc2)c(OCCCCCC)cc1CP(Br)(c1ccccc1)(c1ccccc1)c1ccccc1. The molecule has 0 aliphatic heterocycles. The van der Waals surface area contributed by atoms with Gasteiger partial charge in [0.1, 0.15) is 0 Å². The van der Waals surface area contributed by atoms with Gasteiger partial charge < -0.3 is 0 Å². The van der Waals surface area contributed by atoms with Gasteiger partial charge in [-0.3, -0.25) is 0 Å². The zero-order chi connectivity index (χ0) is 43.2. The van der Waals surface area contributed by atoms with Gasteiger partial charge in [0.2, 0.25) is 0 Å². The number of rotatable bonds is 22. The van der Waals surface area contributed by atoms with Crippen LogP contribution >= 0.6 is 41.6 Å². The van der Waals surface area contributed by atoms with Gasteiger partial charge in [-0.25, -0.2) is 0 Å². The van der Waals surface area contributed by atoms with E-state index in [1.807, 2.05) is 0 Å². The van der Waals surface area contributed by atoms with E-state index in [0.29, 0.717) is 25.5 Å². The number of ether oxygens (including phenoxy) is 2. The molecule has 2 nitrogen and oxygen atoms in total. The Morgan fingerprint density at radius 1 is 0.339 bits per heavy atom. The van der Waals surface area contributed by atoms with Crippen LogP contribution in [0.4, 0.5) is 0 Å². The molecule has 0 spiro atoms. The first-order chi connectivity index (χ1) is 30.3. The summed E-state index contributed by atoms with van der Waals surface area (Å²) in [5.41, 5.74) is 2.29. The molecule has 7 rings (SSSR count). The van der Waals surface area contributed by atoms with Gasteiger partial charge in [0, 0.05) is 0 Å². The van der Waals surface area contributed by atoms with Crippen LogP contribution in [0.1, 0.15) is 76.3 Å². The molecule has 0 atom stereocenters. The predicted molar refractivity (Wildman–Crippen MR) is 281 cm³/mol. The molecule has 0 saturated carbocycles. The van der Waals surface area contributed by atoms with Crippen molar-refractivity contribution in [3.63, 3.8) is 0 Å². The van der Waals surface area contributed by atoms with Crippen LogP contribution in [0.15, 0.2) is 194 Å². The topological polar surface area (TPSA) is 18.5 Å². The third-order valence-corrected chi connectivity index (χ3v) is 31.5. The Kier molecular flexibility index (Phi) is 15.6. The summed E-state index contributed by atoms with van der Waals surface area (Å²) in [4.78, 5) is 0. The molecule has 62 heavy (non-hydrogen) atoms. The fraction of sp³-hybridized carbons (Fsp3) is 0.250. The first-order valence-electron chi connectivity index (χ1n) is 22.5. The van der Waals surface area contributed by atoms with Crippen LogP contribution in [0.25, 0.3) is 0 Å². The quantitative estimate of drug-likeness (QED) is 0.0498. The van der Waals surface area contributed by atoms with Crippen molar-refractivity contribution in [2.24, 2.45) is 0 Å². The van der Waals surface area contributed by atoms with E-state index in [-0.39, 0.29) is 0 Å². The Bertz CT molecular complexity index is 2060. The third-order valence-electron chi connectivity index (χ3n) is 12.5. The summed E-state index contributed by atoms with van der Waals surface area (Å²) >= 11 is 9.59. The van der Waals surface area contributed by atoms with Gasteiger partial charge in [0.05, 0.1) is 0 Å². The van der Waals surface area contributed by atoms with Crippen LogP contribution in [0.5, 0.6) is 11.5 Å². The summed E-state index contributed by atoms with van der Waals surface area (Å²) in [5, 5.41) is 0.807. The predicted octanol–water partition coefficient (Wildman–Crippen LogP) is 14.3. The second kappa shape index (κ2) is 21.1. The molecule has 0 aliphatic carbocycles. The monoisotopic (exact) mass is 986 g/mol. The number of benzene rings is 7. The van der Waals surface area contributed by atoms with Crippen LogP contribution in [-0.2, 0) is 12.3 Å². The van der Waals surface area contributed by atoms with E-state index in [2.05, 4.69) is 208 Å². The minimum absolute atomic E-state index is 0.651. The second-order valence-corrected chi connectivity index (χ2v) is 34.4. The summed E-state index contributed by atoms with van der Waals surface area (Å²) in [5.74, 6) is 1.86. The fourth-order valence-corrected chi connectivity index (χ4v) is 24.4. The molecule has 0 fully saturated rings.